The summed E-state index contributed by atoms with van der Waals surface area (Å²) in [5.74, 6) is 0. The Morgan fingerprint density at radius 2 is 1.90 bits per heavy atom. The highest BCUT2D eigenvalue weighted by Crippen LogP contribution is 2.35. The lowest BCUT2D eigenvalue weighted by molar-refractivity contribution is -0.134. The van der Waals surface area contributed by atoms with Crippen molar-refractivity contribution in [2.75, 3.05) is 0 Å². The van der Waals surface area contributed by atoms with Gasteiger partial charge in [0.15, 0.2) is 0 Å². The van der Waals surface area contributed by atoms with Gasteiger partial charge in [0, 0.05) is 0 Å². The van der Waals surface area contributed by atoms with E-state index in [1.54, 1.807) is 0 Å². The van der Waals surface area contributed by atoms with Gasteiger partial charge < -0.3 is 0 Å². The molecule has 0 aliphatic carbocycles. The highest BCUT2D eigenvalue weighted by atomic mass is 32.2. The Morgan fingerprint density at radius 1 is 1.30 bits per heavy atom. The van der Waals surface area contributed by atoms with E-state index >= 15 is 0 Å². The first kappa shape index (κ1) is 7.94. The first-order valence-corrected chi connectivity index (χ1v) is 3.62. The van der Waals surface area contributed by atoms with E-state index in [1.165, 1.54) is 6.07 Å². The average Bonchev–Trinajstić information content (AvgIpc) is 2.11. The molecule has 0 fully saturated rings. The van der Waals surface area contributed by atoms with Crippen molar-refractivity contribution in [3.63, 3.8) is 0 Å². The normalized spacial score (nSPS) is 12.0. The zero-order valence-electron chi connectivity index (χ0n) is 4.64. The van der Waals surface area contributed by atoms with Crippen LogP contribution in [-0.2, 0) is 6.18 Å². The maximum absolute atomic E-state index is 11.8. The van der Waals surface area contributed by atoms with Gasteiger partial charge in [0.1, 0.15) is 4.88 Å². The maximum Gasteiger partial charge on any atom is 0.425 e. The Morgan fingerprint density at radius 3 is 2.10 bits per heavy atom. The molecular weight excluding hydrogens is 181 g/mol. The fourth-order valence-electron chi connectivity index (χ4n) is 0.480. The lowest BCUT2D eigenvalue weighted by atomic mass is 10.5. The molecule has 0 spiro atoms. The Hall–Kier alpha value is -0.160. The Balaban J connectivity index is 2.96. The number of alkyl halides is 3. The third-order valence-electron chi connectivity index (χ3n) is 0.871. The van der Waals surface area contributed by atoms with Crippen molar-refractivity contribution in [2.45, 2.75) is 10.4 Å². The van der Waals surface area contributed by atoms with Crippen LogP contribution < -0.4 is 0 Å². The molecule has 0 aliphatic rings. The van der Waals surface area contributed by atoms with Gasteiger partial charge in [0.25, 0.3) is 0 Å². The molecule has 0 atom stereocenters. The topological polar surface area (TPSA) is 0 Å². The summed E-state index contributed by atoms with van der Waals surface area (Å²) in [6.07, 6.45) is -4.22. The Kier molecular flexibility index (Phi) is 1.96. The van der Waals surface area contributed by atoms with Gasteiger partial charge in [-0.25, -0.2) is 0 Å². The molecule has 1 rings (SSSR count). The van der Waals surface area contributed by atoms with Crippen molar-refractivity contribution in [1.29, 1.82) is 0 Å². The van der Waals surface area contributed by atoms with E-state index in [-0.39, 0.29) is 0 Å². The Bertz CT molecular complexity index is 225. The highest BCUT2D eigenvalue weighted by molar-refractivity contribution is 7.82. The summed E-state index contributed by atoms with van der Waals surface area (Å²) in [5.41, 5.74) is 0. The molecule has 10 heavy (non-hydrogen) atoms. The number of hydrogen-bond donors (Lipinski definition) is 1. The van der Waals surface area contributed by atoms with Gasteiger partial charge in [-0.05, 0) is 12.1 Å². The molecule has 0 radical (unpaired) electrons. The van der Waals surface area contributed by atoms with Gasteiger partial charge in [-0.3, -0.25) is 0 Å². The largest absolute Gasteiger partial charge is 0.425 e. The molecule has 0 aromatic carbocycles. The van der Waals surface area contributed by atoms with Crippen LogP contribution in [0.1, 0.15) is 4.88 Å². The lowest BCUT2D eigenvalue weighted by Crippen LogP contribution is -2.00. The van der Waals surface area contributed by atoms with Crippen molar-refractivity contribution in [2.24, 2.45) is 0 Å². The van der Waals surface area contributed by atoms with Gasteiger partial charge in [-0.2, -0.15) is 13.2 Å². The van der Waals surface area contributed by atoms with Gasteiger partial charge in [-0.1, -0.05) is 0 Å². The van der Waals surface area contributed by atoms with Crippen LogP contribution in [-0.4, -0.2) is 0 Å². The third kappa shape index (κ3) is 1.67. The molecule has 1 aromatic rings. The number of rotatable bonds is 0. The molecule has 0 unspecified atom stereocenters. The van der Waals surface area contributed by atoms with Gasteiger partial charge in [0.05, 0.1) is 4.21 Å². The van der Waals surface area contributed by atoms with E-state index in [0.717, 1.165) is 6.07 Å². The van der Waals surface area contributed by atoms with Crippen LogP contribution in [0, 0.1) is 0 Å². The summed E-state index contributed by atoms with van der Waals surface area (Å²) in [6.45, 7) is 0. The number of halogens is 3. The van der Waals surface area contributed by atoms with Crippen LogP contribution in [0.15, 0.2) is 16.3 Å². The molecule has 56 valence electrons. The predicted octanol–water partition coefficient (Wildman–Crippen LogP) is 3.06. The van der Waals surface area contributed by atoms with Crippen LogP contribution >= 0.6 is 24.0 Å². The van der Waals surface area contributed by atoms with E-state index < -0.39 is 11.1 Å². The molecule has 0 saturated heterocycles. The zero-order chi connectivity index (χ0) is 7.78. The SMILES string of the molecule is FC(F)(F)c1ccc(S)s1. The highest BCUT2D eigenvalue weighted by Gasteiger charge is 2.31. The van der Waals surface area contributed by atoms with E-state index in [4.69, 9.17) is 0 Å². The summed E-state index contributed by atoms with van der Waals surface area (Å²) in [5, 5.41) is 0. The van der Waals surface area contributed by atoms with Crippen molar-refractivity contribution >= 4 is 24.0 Å². The van der Waals surface area contributed by atoms with Crippen LogP contribution in [0.4, 0.5) is 13.2 Å². The molecule has 0 bridgehead atoms. The minimum absolute atomic E-state index is 0.382. The van der Waals surface area contributed by atoms with Crippen molar-refractivity contribution in [3.8, 4) is 0 Å². The standard InChI is InChI=1S/C5H3F3S2/c6-5(7,8)3-1-2-4(9)10-3/h1-2,9H. The molecule has 0 amide bonds. The molecule has 0 aliphatic heterocycles. The molecule has 5 heteroatoms. The number of hydrogen-bond acceptors (Lipinski definition) is 2. The average molecular weight is 184 g/mol. The van der Waals surface area contributed by atoms with E-state index in [0.29, 0.717) is 15.5 Å². The first-order chi connectivity index (χ1) is 4.50. The summed E-state index contributed by atoms with van der Waals surface area (Å²) in [7, 11) is 0. The minimum Gasteiger partial charge on any atom is -0.165 e. The summed E-state index contributed by atoms with van der Waals surface area (Å²) >= 11 is 4.39. The first-order valence-electron chi connectivity index (χ1n) is 2.36. The van der Waals surface area contributed by atoms with Crippen molar-refractivity contribution in [3.05, 3.63) is 17.0 Å². The van der Waals surface area contributed by atoms with Crippen LogP contribution in [0.2, 0.25) is 0 Å². The lowest BCUT2D eigenvalue weighted by Gasteiger charge is -1.99. The molecular formula is C5H3F3S2. The second-order valence-electron chi connectivity index (χ2n) is 1.64. The molecule has 1 aromatic heterocycles. The minimum atomic E-state index is -4.22. The second kappa shape index (κ2) is 2.47. The molecule has 0 N–H and O–H groups in total. The van der Waals surface area contributed by atoms with E-state index in [2.05, 4.69) is 12.6 Å². The van der Waals surface area contributed by atoms with Gasteiger partial charge in [0.2, 0.25) is 0 Å². The monoisotopic (exact) mass is 184 g/mol. The van der Waals surface area contributed by atoms with Crippen LogP contribution in [0.3, 0.4) is 0 Å². The Labute approximate surface area is 65.1 Å². The smallest absolute Gasteiger partial charge is 0.165 e. The summed E-state index contributed by atoms with van der Waals surface area (Å²) < 4.78 is 35.7. The van der Waals surface area contributed by atoms with Crippen LogP contribution in [0.5, 0.6) is 0 Å². The fraction of sp³-hybridized carbons (Fsp3) is 0.200. The van der Waals surface area contributed by atoms with Crippen LogP contribution in [0.25, 0.3) is 0 Å². The zero-order valence-corrected chi connectivity index (χ0v) is 6.35. The maximum atomic E-state index is 11.8. The molecule has 1 heterocycles. The summed E-state index contributed by atoms with van der Waals surface area (Å²) in [6, 6.07) is 2.35. The second-order valence-corrected chi connectivity index (χ2v) is 3.50. The van der Waals surface area contributed by atoms with E-state index in [9.17, 15) is 13.2 Å². The van der Waals surface area contributed by atoms with Crippen molar-refractivity contribution in [1.82, 2.24) is 0 Å². The number of thiol groups is 1. The fourth-order valence-corrected chi connectivity index (χ4v) is 1.46. The number of thiophene rings is 1. The molecule has 0 nitrogen and oxygen atoms in total. The predicted molar refractivity (Wildman–Crippen MR) is 36.6 cm³/mol. The van der Waals surface area contributed by atoms with Gasteiger partial charge >= 0.3 is 6.18 Å². The third-order valence-corrected chi connectivity index (χ3v) is 2.23. The molecule has 0 saturated carbocycles. The van der Waals surface area contributed by atoms with Gasteiger partial charge in [-0.15, -0.1) is 24.0 Å². The van der Waals surface area contributed by atoms with Crippen molar-refractivity contribution < 1.29 is 13.2 Å². The quantitative estimate of drug-likeness (QED) is 0.588. The summed E-state index contributed by atoms with van der Waals surface area (Å²) in [4.78, 5) is -0.600. The van der Waals surface area contributed by atoms with E-state index in [1.807, 2.05) is 0 Å².